The standard InChI is InChI=1S/C13H18BrNO2/c14-11-4-5-13(10(8-11)9-17)15(6-7-16)12-2-1-3-12/h4-5,8,12,16-17H,1-3,6-7,9H2. The van der Waals surface area contributed by atoms with Crippen molar-refractivity contribution >= 4 is 21.6 Å². The highest BCUT2D eigenvalue weighted by molar-refractivity contribution is 9.10. The van der Waals surface area contributed by atoms with E-state index in [1.54, 1.807) is 0 Å². The van der Waals surface area contributed by atoms with Crippen LogP contribution in [0.15, 0.2) is 22.7 Å². The number of benzene rings is 1. The van der Waals surface area contributed by atoms with E-state index in [0.717, 1.165) is 15.7 Å². The van der Waals surface area contributed by atoms with Crippen LogP contribution in [0.3, 0.4) is 0 Å². The summed E-state index contributed by atoms with van der Waals surface area (Å²) in [4.78, 5) is 2.22. The Labute approximate surface area is 110 Å². The summed E-state index contributed by atoms with van der Waals surface area (Å²) < 4.78 is 0.975. The number of aliphatic hydroxyl groups excluding tert-OH is 2. The van der Waals surface area contributed by atoms with Crippen molar-refractivity contribution < 1.29 is 10.2 Å². The van der Waals surface area contributed by atoms with Gasteiger partial charge in [-0.05, 0) is 37.5 Å². The molecule has 2 rings (SSSR count). The van der Waals surface area contributed by atoms with Crippen LogP contribution in [-0.4, -0.2) is 29.4 Å². The average Bonchev–Trinajstić information content (AvgIpc) is 2.26. The lowest BCUT2D eigenvalue weighted by molar-refractivity contribution is 0.274. The molecule has 0 spiro atoms. The average molecular weight is 300 g/mol. The van der Waals surface area contributed by atoms with Gasteiger partial charge in [-0.25, -0.2) is 0 Å². The zero-order valence-electron chi connectivity index (χ0n) is 9.77. The monoisotopic (exact) mass is 299 g/mol. The van der Waals surface area contributed by atoms with Crippen LogP contribution in [0.2, 0.25) is 0 Å². The molecule has 0 aromatic heterocycles. The number of hydrogen-bond donors (Lipinski definition) is 2. The maximum Gasteiger partial charge on any atom is 0.0702 e. The lowest BCUT2D eigenvalue weighted by atomic mass is 9.90. The topological polar surface area (TPSA) is 43.7 Å². The van der Waals surface area contributed by atoms with Gasteiger partial charge in [0.2, 0.25) is 0 Å². The van der Waals surface area contributed by atoms with Crippen molar-refractivity contribution in [2.75, 3.05) is 18.1 Å². The second-order valence-electron chi connectivity index (χ2n) is 4.43. The van der Waals surface area contributed by atoms with Gasteiger partial charge in [0.05, 0.1) is 13.2 Å². The molecule has 17 heavy (non-hydrogen) atoms. The molecule has 1 fully saturated rings. The minimum Gasteiger partial charge on any atom is -0.395 e. The molecule has 1 saturated carbocycles. The lowest BCUT2D eigenvalue weighted by Crippen LogP contribution is -2.42. The second kappa shape index (κ2) is 5.85. The van der Waals surface area contributed by atoms with E-state index in [2.05, 4.69) is 20.8 Å². The van der Waals surface area contributed by atoms with Gasteiger partial charge < -0.3 is 15.1 Å². The molecule has 0 amide bonds. The van der Waals surface area contributed by atoms with Gasteiger partial charge in [-0.15, -0.1) is 0 Å². The van der Waals surface area contributed by atoms with E-state index in [1.807, 2.05) is 18.2 Å². The van der Waals surface area contributed by atoms with Crippen LogP contribution in [0.25, 0.3) is 0 Å². The summed E-state index contributed by atoms with van der Waals surface area (Å²) in [5.74, 6) is 0. The first kappa shape index (κ1) is 12.9. The van der Waals surface area contributed by atoms with Crippen molar-refractivity contribution in [1.82, 2.24) is 0 Å². The Bertz CT molecular complexity index is 380. The number of aliphatic hydroxyl groups is 2. The maximum atomic E-state index is 9.42. The molecule has 1 aromatic rings. The molecule has 0 radical (unpaired) electrons. The second-order valence-corrected chi connectivity index (χ2v) is 5.35. The van der Waals surface area contributed by atoms with Crippen LogP contribution in [0.1, 0.15) is 24.8 Å². The Hall–Kier alpha value is -0.580. The van der Waals surface area contributed by atoms with Crippen LogP contribution in [0.4, 0.5) is 5.69 Å². The molecular formula is C13H18BrNO2. The smallest absolute Gasteiger partial charge is 0.0702 e. The van der Waals surface area contributed by atoms with Crippen LogP contribution in [0, 0.1) is 0 Å². The number of anilines is 1. The molecule has 1 aliphatic rings. The highest BCUT2D eigenvalue weighted by atomic mass is 79.9. The van der Waals surface area contributed by atoms with E-state index in [1.165, 1.54) is 19.3 Å². The molecule has 3 nitrogen and oxygen atoms in total. The van der Waals surface area contributed by atoms with Gasteiger partial charge in [0.1, 0.15) is 0 Å². The molecule has 4 heteroatoms. The van der Waals surface area contributed by atoms with Crippen molar-refractivity contribution in [1.29, 1.82) is 0 Å². The van der Waals surface area contributed by atoms with Gasteiger partial charge in [0.15, 0.2) is 0 Å². The number of halogens is 1. The summed E-state index contributed by atoms with van der Waals surface area (Å²) >= 11 is 3.41. The molecule has 1 aliphatic carbocycles. The van der Waals surface area contributed by atoms with Crippen LogP contribution in [0.5, 0.6) is 0 Å². The number of nitrogens with zero attached hydrogens (tertiary/aromatic N) is 1. The van der Waals surface area contributed by atoms with Crippen molar-refractivity contribution in [2.24, 2.45) is 0 Å². The van der Waals surface area contributed by atoms with Crippen molar-refractivity contribution in [2.45, 2.75) is 31.9 Å². The predicted octanol–water partition coefficient (Wildman–Crippen LogP) is 2.29. The number of hydrogen-bond acceptors (Lipinski definition) is 3. The summed E-state index contributed by atoms with van der Waals surface area (Å²) in [6.45, 7) is 0.820. The summed E-state index contributed by atoms with van der Waals surface area (Å²) in [5.41, 5.74) is 1.97. The fourth-order valence-electron chi connectivity index (χ4n) is 2.27. The van der Waals surface area contributed by atoms with E-state index < -0.39 is 0 Å². The minimum absolute atomic E-state index is 0.0312. The predicted molar refractivity (Wildman–Crippen MR) is 72.1 cm³/mol. The Balaban J connectivity index is 2.27. The van der Waals surface area contributed by atoms with Gasteiger partial charge in [0.25, 0.3) is 0 Å². The lowest BCUT2D eigenvalue weighted by Gasteiger charge is -2.40. The Morgan fingerprint density at radius 1 is 1.29 bits per heavy atom. The molecular weight excluding hydrogens is 282 g/mol. The molecule has 0 atom stereocenters. The highest BCUT2D eigenvalue weighted by Crippen LogP contribution is 2.32. The van der Waals surface area contributed by atoms with Gasteiger partial charge in [-0.2, -0.15) is 0 Å². The minimum atomic E-state index is 0.0312. The summed E-state index contributed by atoms with van der Waals surface area (Å²) in [5, 5.41) is 18.6. The fraction of sp³-hybridized carbons (Fsp3) is 0.538. The summed E-state index contributed by atoms with van der Waals surface area (Å²) in [7, 11) is 0. The van der Waals surface area contributed by atoms with E-state index in [4.69, 9.17) is 0 Å². The largest absolute Gasteiger partial charge is 0.395 e. The maximum absolute atomic E-state index is 9.42. The van der Waals surface area contributed by atoms with Crippen LogP contribution in [-0.2, 0) is 6.61 Å². The van der Waals surface area contributed by atoms with E-state index in [-0.39, 0.29) is 13.2 Å². The quantitative estimate of drug-likeness (QED) is 0.877. The first-order valence-electron chi connectivity index (χ1n) is 6.03. The zero-order valence-corrected chi connectivity index (χ0v) is 11.4. The molecule has 2 N–H and O–H groups in total. The van der Waals surface area contributed by atoms with Crippen LogP contribution >= 0.6 is 15.9 Å². The van der Waals surface area contributed by atoms with Crippen molar-refractivity contribution in [3.8, 4) is 0 Å². The molecule has 0 aliphatic heterocycles. The summed E-state index contributed by atoms with van der Waals surface area (Å²) in [6, 6.07) is 6.47. The first-order chi connectivity index (χ1) is 8.26. The summed E-state index contributed by atoms with van der Waals surface area (Å²) in [6.07, 6.45) is 3.62. The van der Waals surface area contributed by atoms with Gasteiger partial charge in [-0.1, -0.05) is 15.9 Å². The van der Waals surface area contributed by atoms with Crippen molar-refractivity contribution in [3.63, 3.8) is 0 Å². The SMILES string of the molecule is OCCN(c1ccc(Br)cc1CO)C1CCC1. The molecule has 0 unspecified atom stereocenters. The molecule has 94 valence electrons. The first-order valence-corrected chi connectivity index (χ1v) is 6.82. The molecule has 1 aromatic carbocycles. The van der Waals surface area contributed by atoms with Crippen molar-refractivity contribution in [3.05, 3.63) is 28.2 Å². The van der Waals surface area contributed by atoms with E-state index >= 15 is 0 Å². The highest BCUT2D eigenvalue weighted by Gasteiger charge is 2.26. The Kier molecular flexibility index (Phi) is 4.42. The molecule has 0 saturated heterocycles. The van der Waals surface area contributed by atoms with Crippen LogP contribution < -0.4 is 4.90 Å². The number of rotatable bonds is 5. The molecule has 0 bridgehead atoms. The Morgan fingerprint density at radius 3 is 2.59 bits per heavy atom. The zero-order chi connectivity index (χ0) is 12.3. The normalized spacial score (nSPS) is 15.7. The van der Waals surface area contributed by atoms with Gasteiger partial charge in [-0.3, -0.25) is 0 Å². The van der Waals surface area contributed by atoms with E-state index in [0.29, 0.717) is 12.6 Å². The fourth-order valence-corrected chi connectivity index (χ4v) is 2.68. The third-order valence-corrected chi connectivity index (χ3v) is 3.87. The van der Waals surface area contributed by atoms with Gasteiger partial charge in [0, 0.05) is 28.3 Å². The third-order valence-electron chi connectivity index (χ3n) is 3.38. The van der Waals surface area contributed by atoms with Gasteiger partial charge >= 0.3 is 0 Å². The van der Waals surface area contributed by atoms with E-state index in [9.17, 15) is 10.2 Å². The molecule has 0 heterocycles. The Morgan fingerprint density at radius 2 is 2.06 bits per heavy atom. The third kappa shape index (κ3) is 2.81.